The maximum atomic E-state index is 12.5. The van der Waals surface area contributed by atoms with Crippen LogP contribution in [-0.4, -0.2) is 28.6 Å². The Kier molecular flexibility index (Phi) is 6.04. The highest BCUT2D eigenvalue weighted by atomic mass is 32.2. The molecule has 0 aliphatic carbocycles. The predicted molar refractivity (Wildman–Crippen MR) is 112 cm³/mol. The molecule has 0 amide bonds. The maximum absolute atomic E-state index is 12.5. The van der Waals surface area contributed by atoms with Gasteiger partial charge in [-0.1, -0.05) is 5.16 Å². The van der Waals surface area contributed by atoms with Crippen LogP contribution in [0.5, 0.6) is 5.75 Å². The number of benzene rings is 2. The zero-order chi connectivity index (χ0) is 21.9. The number of hydrogen-bond acceptors (Lipinski definition) is 7. The van der Waals surface area contributed by atoms with E-state index in [4.69, 9.17) is 9.26 Å². The molecule has 160 valence electrons. The minimum atomic E-state index is -3.92. The van der Waals surface area contributed by atoms with E-state index in [2.05, 4.69) is 14.6 Å². The second-order valence-electron chi connectivity index (χ2n) is 6.36. The predicted octanol–water partition coefficient (Wildman–Crippen LogP) is 3.29. The van der Waals surface area contributed by atoms with Crippen LogP contribution in [0.2, 0.25) is 0 Å². The largest absolute Gasteiger partial charge is 0.494 e. The highest BCUT2D eigenvalue weighted by Gasteiger charge is 2.20. The summed E-state index contributed by atoms with van der Waals surface area (Å²) in [5.74, 6) is 0.600. The van der Waals surface area contributed by atoms with Gasteiger partial charge in [0.05, 0.1) is 22.1 Å². The Morgan fingerprint density at radius 1 is 0.867 bits per heavy atom. The fourth-order valence-corrected chi connectivity index (χ4v) is 4.59. The number of nitrogens with one attached hydrogen (secondary N) is 2. The fourth-order valence-electron chi connectivity index (χ4n) is 2.49. The first kappa shape index (κ1) is 21.7. The molecule has 3 rings (SSSR count). The molecule has 0 spiro atoms. The van der Waals surface area contributed by atoms with Gasteiger partial charge in [-0.2, -0.15) is 0 Å². The Labute approximate surface area is 175 Å². The number of aromatic nitrogens is 1. The van der Waals surface area contributed by atoms with Gasteiger partial charge in [-0.05, 0) is 69.3 Å². The summed E-state index contributed by atoms with van der Waals surface area (Å²) in [4.78, 5) is 0.000417. The third kappa shape index (κ3) is 4.74. The summed E-state index contributed by atoms with van der Waals surface area (Å²) in [5, 5.41) is 3.71. The Bertz CT molecular complexity index is 1230. The van der Waals surface area contributed by atoms with E-state index in [1.54, 1.807) is 26.0 Å². The van der Waals surface area contributed by atoms with E-state index >= 15 is 0 Å². The molecule has 0 radical (unpaired) electrons. The second-order valence-corrected chi connectivity index (χ2v) is 9.73. The number of aryl methyl sites for hydroxylation is 1. The summed E-state index contributed by atoms with van der Waals surface area (Å²) in [7, 11) is -7.76. The first-order valence-corrected chi connectivity index (χ1v) is 11.9. The van der Waals surface area contributed by atoms with Crippen molar-refractivity contribution in [1.82, 2.24) is 5.16 Å². The van der Waals surface area contributed by atoms with Crippen LogP contribution in [0, 0.1) is 13.8 Å². The number of rotatable bonds is 8. The van der Waals surface area contributed by atoms with Crippen LogP contribution in [0.15, 0.2) is 62.8 Å². The van der Waals surface area contributed by atoms with Crippen LogP contribution in [0.4, 0.5) is 11.6 Å². The minimum Gasteiger partial charge on any atom is -0.494 e. The molecule has 0 bridgehead atoms. The van der Waals surface area contributed by atoms with Gasteiger partial charge in [0.25, 0.3) is 20.0 Å². The highest BCUT2D eigenvalue weighted by Crippen LogP contribution is 2.24. The maximum Gasteiger partial charge on any atom is 0.264 e. The molecule has 0 saturated heterocycles. The molecule has 3 aromatic rings. The van der Waals surface area contributed by atoms with Crippen molar-refractivity contribution in [2.24, 2.45) is 0 Å². The van der Waals surface area contributed by atoms with Gasteiger partial charge in [0.15, 0.2) is 0 Å². The number of hydrogen-bond donors (Lipinski definition) is 2. The number of sulfonamides is 2. The van der Waals surface area contributed by atoms with Crippen molar-refractivity contribution in [3.05, 3.63) is 59.8 Å². The van der Waals surface area contributed by atoms with Crippen LogP contribution in [0.3, 0.4) is 0 Å². The molecular weight excluding hydrogens is 430 g/mol. The zero-order valence-corrected chi connectivity index (χ0v) is 18.2. The van der Waals surface area contributed by atoms with Gasteiger partial charge in [0.2, 0.25) is 5.88 Å². The van der Waals surface area contributed by atoms with Crippen molar-refractivity contribution < 1.29 is 26.1 Å². The topological polar surface area (TPSA) is 128 Å². The molecule has 30 heavy (non-hydrogen) atoms. The molecule has 0 aliphatic heterocycles. The molecule has 9 nitrogen and oxygen atoms in total. The van der Waals surface area contributed by atoms with Crippen LogP contribution in [0.1, 0.15) is 18.2 Å². The summed E-state index contributed by atoms with van der Waals surface area (Å²) in [6.45, 7) is 5.69. The number of anilines is 2. The Morgan fingerprint density at radius 2 is 1.40 bits per heavy atom. The lowest BCUT2D eigenvalue weighted by atomic mass is 10.3. The third-order valence-corrected chi connectivity index (χ3v) is 6.99. The monoisotopic (exact) mass is 451 g/mol. The van der Waals surface area contributed by atoms with E-state index in [-0.39, 0.29) is 21.4 Å². The first-order valence-electron chi connectivity index (χ1n) is 8.94. The summed E-state index contributed by atoms with van der Waals surface area (Å²) in [6, 6.07) is 11.3. The number of ether oxygens (including phenoxy) is 1. The SMILES string of the molecule is CCOc1ccc(S(=O)(=O)Nc2ccc(S(=O)(=O)Nc3onc(C)c3C)cc2)cc1. The third-order valence-electron chi connectivity index (χ3n) is 4.25. The average molecular weight is 452 g/mol. The lowest BCUT2D eigenvalue weighted by molar-refractivity contribution is 0.340. The fraction of sp³-hybridized carbons (Fsp3) is 0.211. The lowest BCUT2D eigenvalue weighted by Crippen LogP contribution is -2.14. The molecule has 2 N–H and O–H groups in total. The van der Waals surface area contributed by atoms with Gasteiger partial charge < -0.3 is 9.26 Å². The summed E-state index contributed by atoms with van der Waals surface area (Å²) in [5.41, 5.74) is 1.37. The molecular formula is C19H21N3O6S2. The summed E-state index contributed by atoms with van der Waals surface area (Å²) in [6.07, 6.45) is 0. The minimum absolute atomic E-state index is 0.0350. The molecule has 0 fully saturated rings. The van der Waals surface area contributed by atoms with Crippen molar-refractivity contribution >= 4 is 31.6 Å². The molecule has 0 atom stereocenters. The quantitative estimate of drug-likeness (QED) is 0.538. The molecule has 11 heteroatoms. The van der Waals surface area contributed by atoms with E-state index < -0.39 is 20.0 Å². The van der Waals surface area contributed by atoms with E-state index in [0.29, 0.717) is 23.6 Å². The van der Waals surface area contributed by atoms with Crippen molar-refractivity contribution in [3.63, 3.8) is 0 Å². The van der Waals surface area contributed by atoms with Crippen LogP contribution in [0.25, 0.3) is 0 Å². The smallest absolute Gasteiger partial charge is 0.264 e. The van der Waals surface area contributed by atoms with Gasteiger partial charge in [-0.15, -0.1) is 0 Å². The second kappa shape index (κ2) is 8.36. The zero-order valence-electron chi connectivity index (χ0n) is 16.5. The van der Waals surface area contributed by atoms with Gasteiger partial charge in [0.1, 0.15) is 5.75 Å². The molecule has 1 heterocycles. The van der Waals surface area contributed by atoms with Crippen LogP contribution < -0.4 is 14.2 Å². The van der Waals surface area contributed by atoms with Gasteiger partial charge in [-0.3, -0.25) is 4.72 Å². The van der Waals surface area contributed by atoms with Crippen molar-refractivity contribution in [1.29, 1.82) is 0 Å². The Balaban J connectivity index is 1.75. The van der Waals surface area contributed by atoms with E-state index in [0.717, 1.165) is 0 Å². The van der Waals surface area contributed by atoms with Gasteiger partial charge in [-0.25, -0.2) is 21.6 Å². The molecule has 1 aromatic heterocycles. The molecule has 0 saturated carbocycles. The van der Waals surface area contributed by atoms with E-state index in [1.165, 1.54) is 36.4 Å². The first-order chi connectivity index (χ1) is 14.1. The molecule has 2 aromatic carbocycles. The normalized spacial score (nSPS) is 11.8. The summed E-state index contributed by atoms with van der Waals surface area (Å²) < 4.78 is 65.1. The van der Waals surface area contributed by atoms with Crippen molar-refractivity contribution in [2.75, 3.05) is 16.1 Å². The number of nitrogens with zero attached hydrogens (tertiary/aromatic N) is 1. The van der Waals surface area contributed by atoms with Gasteiger partial charge in [0, 0.05) is 11.3 Å². The van der Waals surface area contributed by atoms with E-state index in [1.807, 2.05) is 6.92 Å². The molecule has 0 unspecified atom stereocenters. The highest BCUT2D eigenvalue weighted by molar-refractivity contribution is 7.93. The Hall–Kier alpha value is -3.05. The average Bonchev–Trinajstić information content (AvgIpc) is 3.00. The van der Waals surface area contributed by atoms with Crippen molar-refractivity contribution in [2.45, 2.75) is 30.6 Å². The van der Waals surface area contributed by atoms with Crippen molar-refractivity contribution in [3.8, 4) is 5.75 Å². The lowest BCUT2D eigenvalue weighted by Gasteiger charge is -2.10. The van der Waals surface area contributed by atoms with E-state index in [9.17, 15) is 16.8 Å². The Morgan fingerprint density at radius 3 is 1.90 bits per heavy atom. The molecule has 0 aliphatic rings. The summed E-state index contributed by atoms with van der Waals surface area (Å²) >= 11 is 0. The van der Waals surface area contributed by atoms with Gasteiger partial charge >= 0.3 is 0 Å². The standard InChI is InChI=1S/C19H21N3O6S2/c1-4-27-16-7-11-18(12-8-16)29(23,24)21-15-5-9-17(10-6-15)30(25,26)22-19-13(2)14(3)20-28-19/h5-12,21-22H,4H2,1-3H3. The van der Waals surface area contributed by atoms with Crippen LogP contribution in [-0.2, 0) is 20.0 Å². The van der Waals surface area contributed by atoms with Crippen LogP contribution >= 0.6 is 0 Å².